The molecule has 0 atom stereocenters. The van der Waals surface area contributed by atoms with Gasteiger partial charge in [-0.05, 0) is 69.0 Å². The van der Waals surface area contributed by atoms with Gasteiger partial charge in [0, 0.05) is 11.1 Å². The van der Waals surface area contributed by atoms with Gasteiger partial charge in [0.15, 0.2) is 0 Å². The number of benzene rings is 2. The lowest BCUT2D eigenvalue weighted by Gasteiger charge is -2.39. The normalized spacial score (nSPS) is 10.9. The van der Waals surface area contributed by atoms with E-state index in [4.69, 9.17) is 0 Å². The lowest BCUT2D eigenvalue weighted by molar-refractivity contribution is -0.0167. The fourth-order valence-corrected chi connectivity index (χ4v) is 2.93. The van der Waals surface area contributed by atoms with Crippen LogP contribution < -0.4 is 0 Å². The average molecular weight is 377 g/mol. The smallest absolute Gasteiger partial charge is 0.267 e. The Morgan fingerprint density at radius 2 is 1.50 bits per heavy atom. The molecule has 0 aromatic heterocycles. The van der Waals surface area contributed by atoms with Crippen molar-refractivity contribution in [1.82, 2.24) is 10.0 Å². The third-order valence-electron chi connectivity index (χ3n) is 4.51. The van der Waals surface area contributed by atoms with Crippen molar-refractivity contribution in [3.8, 4) is 6.19 Å². The second kappa shape index (κ2) is 8.71. The molecule has 0 saturated carbocycles. The molecule has 2 aromatic carbocycles. The van der Waals surface area contributed by atoms with Gasteiger partial charge < -0.3 is 0 Å². The molecule has 0 aliphatic carbocycles. The Bertz CT molecular complexity index is 889. The van der Waals surface area contributed by atoms with E-state index in [1.54, 1.807) is 45.0 Å². The number of nitriles is 1. The molecule has 2 aromatic rings. The van der Waals surface area contributed by atoms with Gasteiger partial charge in [0.2, 0.25) is 6.19 Å². The minimum Gasteiger partial charge on any atom is -0.267 e. The number of rotatable bonds is 4. The highest BCUT2D eigenvalue weighted by molar-refractivity contribution is 6.00. The minimum absolute atomic E-state index is 0.364. The summed E-state index contributed by atoms with van der Waals surface area (Å²) in [5.74, 6) is -0.914. The van der Waals surface area contributed by atoms with Crippen LogP contribution in [0.1, 0.15) is 66.5 Å². The minimum atomic E-state index is -0.770. The Kier molecular flexibility index (Phi) is 6.58. The zero-order chi connectivity index (χ0) is 20.9. The van der Waals surface area contributed by atoms with Gasteiger partial charge in [-0.1, -0.05) is 38.1 Å². The van der Waals surface area contributed by atoms with E-state index in [0.29, 0.717) is 11.1 Å². The van der Waals surface area contributed by atoms with Gasteiger partial charge in [0.05, 0.1) is 5.54 Å². The fraction of sp³-hybridized carbons (Fsp3) is 0.348. The Morgan fingerprint density at radius 3 is 2.00 bits per heavy atom. The van der Waals surface area contributed by atoms with Crippen molar-refractivity contribution in [3.05, 3.63) is 70.8 Å². The maximum absolute atomic E-state index is 13.3. The highest BCUT2D eigenvalue weighted by Gasteiger charge is 2.36. The van der Waals surface area contributed by atoms with Crippen LogP contribution in [0.4, 0.5) is 0 Å². The first-order valence-corrected chi connectivity index (χ1v) is 9.49. The lowest BCUT2D eigenvalue weighted by Crippen LogP contribution is -2.56. The van der Waals surface area contributed by atoms with Gasteiger partial charge in [-0.2, -0.15) is 5.26 Å². The van der Waals surface area contributed by atoms with E-state index in [1.165, 1.54) is 5.01 Å². The van der Waals surface area contributed by atoms with Crippen LogP contribution >= 0.6 is 0 Å². The summed E-state index contributed by atoms with van der Waals surface area (Å²) in [6.07, 6.45) is 3.55. The molecule has 0 heterocycles. The number of nitrogens with zero attached hydrogens (tertiary/aromatic N) is 3. The van der Waals surface area contributed by atoms with E-state index in [1.807, 2.05) is 44.3 Å². The number of hydrogen-bond donors (Lipinski definition) is 0. The molecular formula is C23H27N3O2. The van der Waals surface area contributed by atoms with E-state index in [9.17, 15) is 14.9 Å². The Morgan fingerprint density at radius 1 is 0.893 bits per heavy atom. The number of hydrazine groups is 1. The van der Waals surface area contributed by atoms with Crippen LogP contribution in [0.25, 0.3) is 0 Å². The first kappa shape index (κ1) is 21.2. The van der Waals surface area contributed by atoms with E-state index < -0.39 is 11.4 Å². The molecule has 0 aliphatic rings. The van der Waals surface area contributed by atoms with Crippen LogP contribution in [-0.4, -0.2) is 27.4 Å². The first-order valence-electron chi connectivity index (χ1n) is 9.49. The molecule has 0 N–H and O–H groups in total. The van der Waals surface area contributed by atoms with Crippen LogP contribution in [0.15, 0.2) is 48.5 Å². The summed E-state index contributed by atoms with van der Waals surface area (Å²) >= 11 is 0. The highest BCUT2D eigenvalue weighted by Crippen LogP contribution is 2.22. The van der Waals surface area contributed by atoms with Gasteiger partial charge in [-0.15, -0.1) is 5.01 Å². The molecule has 5 nitrogen and oxygen atoms in total. The molecule has 2 rings (SSSR count). The summed E-state index contributed by atoms with van der Waals surface area (Å²) in [6.45, 7) is 9.43. The van der Waals surface area contributed by atoms with E-state index >= 15 is 0 Å². The number of carbonyl (C=O) groups excluding carboxylic acids is 2. The zero-order valence-electron chi connectivity index (χ0n) is 17.2. The van der Waals surface area contributed by atoms with Crippen LogP contribution in [0.3, 0.4) is 0 Å². The predicted octanol–water partition coefficient (Wildman–Crippen LogP) is 4.59. The molecule has 0 saturated heterocycles. The van der Waals surface area contributed by atoms with Crippen molar-refractivity contribution in [2.24, 2.45) is 0 Å². The lowest BCUT2D eigenvalue weighted by atomic mass is 10.0. The third kappa shape index (κ3) is 4.58. The van der Waals surface area contributed by atoms with Crippen molar-refractivity contribution < 1.29 is 9.59 Å². The van der Waals surface area contributed by atoms with Gasteiger partial charge in [-0.3, -0.25) is 9.59 Å². The summed E-state index contributed by atoms with van der Waals surface area (Å²) in [6, 6.07) is 14.4. The maximum atomic E-state index is 13.3. The molecule has 0 radical (unpaired) electrons. The van der Waals surface area contributed by atoms with Crippen molar-refractivity contribution in [3.63, 3.8) is 0 Å². The standard InChI is InChI=1S/C23H27N3O2/c1-6-17-11-13-19(14-12-17)21(27)25(16-24)26(23(3,4)5)22(28)20-10-8-9-18(7-2)15-20/h8-15H,6-7H2,1-5H3. The highest BCUT2D eigenvalue weighted by atomic mass is 16.2. The summed E-state index contributed by atoms with van der Waals surface area (Å²) in [5, 5.41) is 11.8. The van der Waals surface area contributed by atoms with E-state index in [2.05, 4.69) is 0 Å². The molecule has 2 amide bonds. The van der Waals surface area contributed by atoms with E-state index in [-0.39, 0.29) is 5.91 Å². The molecular weight excluding hydrogens is 350 g/mol. The second-order valence-electron chi connectivity index (χ2n) is 7.61. The Balaban J connectivity index is 2.45. The van der Waals surface area contributed by atoms with E-state index in [0.717, 1.165) is 29.0 Å². The SMILES string of the molecule is CCc1ccc(C(=O)N(C#N)N(C(=O)c2cccc(CC)c2)C(C)(C)C)cc1. The first-order chi connectivity index (χ1) is 13.2. The fourth-order valence-electron chi connectivity index (χ4n) is 2.93. The quantitative estimate of drug-likeness (QED) is 0.445. The van der Waals surface area contributed by atoms with Crippen LogP contribution in [0.5, 0.6) is 0 Å². The number of aryl methyl sites for hydroxylation is 2. The summed E-state index contributed by atoms with van der Waals surface area (Å²) < 4.78 is 0. The van der Waals surface area contributed by atoms with Crippen molar-refractivity contribution in [1.29, 1.82) is 5.26 Å². The molecule has 0 aliphatic heterocycles. The number of hydrogen-bond acceptors (Lipinski definition) is 3. The molecule has 146 valence electrons. The molecule has 28 heavy (non-hydrogen) atoms. The van der Waals surface area contributed by atoms with Crippen LogP contribution in [-0.2, 0) is 12.8 Å². The maximum Gasteiger partial charge on any atom is 0.286 e. The van der Waals surface area contributed by atoms with Crippen molar-refractivity contribution in [2.45, 2.75) is 53.0 Å². The van der Waals surface area contributed by atoms with Gasteiger partial charge >= 0.3 is 0 Å². The van der Waals surface area contributed by atoms with Crippen LogP contribution in [0, 0.1) is 11.5 Å². The summed E-state index contributed by atoms with van der Waals surface area (Å²) in [5.41, 5.74) is 2.16. The zero-order valence-corrected chi connectivity index (χ0v) is 17.2. The largest absolute Gasteiger partial charge is 0.286 e. The summed E-state index contributed by atoms with van der Waals surface area (Å²) in [4.78, 5) is 26.3. The molecule has 0 unspecified atom stereocenters. The van der Waals surface area contributed by atoms with Gasteiger partial charge in [0.25, 0.3) is 11.8 Å². The monoisotopic (exact) mass is 377 g/mol. The molecule has 0 bridgehead atoms. The predicted molar refractivity (Wildman–Crippen MR) is 109 cm³/mol. The molecule has 0 fully saturated rings. The Labute approximate surface area is 167 Å². The second-order valence-corrected chi connectivity index (χ2v) is 7.61. The molecule has 0 spiro atoms. The van der Waals surface area contributed by atoms with Crippen LogP contribution in [0.2, 0.25) is 0 Å². The number of carbonyl (C=O) groups is 2. The van der Waals surface area contributed by atoms with Gasteiger partial charge in [0.1, 0.15) is 0 Å². The molecule has 5 heteroatoms. The average Bonchev–Trinajstić information content (AvgIpc) is 2.70. The van der Waals surface area contributed by atoms with Gasteiger partial charge in [-0.25, -0.2) is 5.01 Å². The number of amides is 2. The third-order valence-corrected chi connectivity index (χ3v) is 4.51. The summed E-state index contributed by atoms with van der Waals surface area (Å²) in [7, 11) is 0. The van der Waals surface area contributed by atoms with Crippen molar-refractivity contribution in [2.75, 3.05) is 0 Å². The van der Waals surface area contributed by atoms with Crippen molar-refractivity contribution >= 4 is 11.8 Å². The Hall–Kier alpha value is -3.13. The topological polar surface area (TPSA) is 64.4 Å².